The molecule has 4 rings (SSSR count). The van der Waals surface area contributed by atoms with Crippen molar-refractivity contribution in [2.75, 3.05) is 25.4 Å². The average Bonchev–Trinajstić information content (AvgIpc) is 3.21. The second kappa shape index (κ2) is 9.33. The number of rotatable bonds is 8. The molecule has 2 unspecified atom stereocenters. The number of carbonyl (C=O) groups excluding carboxylic acids is 2. The van der Waals surface area contributed by atoms with E-state index in [1.807, 2.05) is 0 Å². The fourth-order valence-electron chi connectivity index (χ4n) is 4.34. The third kappa shape index (κ3) is 5.22. The summed E-state index contributed by atoms with van der Waals surface area (Å²) < 4.78 is 29.1. The average molecular weight is 442 g/mol. The smallest absolute Gasteiger partial charge is 0.387 e. The van der Waals surface area contributed by atoms with E-state index in [2.05, 4.69) is 15.0 Å². The third-order valence-corrected chi connectivity index (χ3v) is 5.98. The maximum Gasteiger partial charge on any atom is 0.387 e. The van der Waals surface area contributed by atoms with Gasteiger partial charge in [-0.2, -0.15) is 8.78 Å². The molecule has 2 fully saturated rings. The highest BCUT2D eigenvalue weighted by atomic mass is 19.3. The SMILES string of the molecule is Nc1ccc(/C=C/C(=O)NCCC2C3CN(C(=O)c4cccc(OC(F)F)c4)CC23)cn1. The molecule has 168 valence electrons. The van der Waals surface area contributed by atoms with Crippen LogP contribution in [0.2, 0.25) is 0 Å². The van der Waals surface area contributed by atoms with Gasteiger partial charge >= 0.3 is 6.61 Å². The number of benzene rings is 1. The van der Waals surface area contributed by atoms with Crippen LogP contribution in [0.3, 0.4) is 0 Å². The number of aromatic nitrogens is 1. The number of hydrogen-bond acceptors (Lipinski definition) is 5. The molecular formula is C23H24F2N4O3. The van der Waals surface area contributed by atoms with E-state index >= 15 is 0 Å². The van der Waals surface area contributed by atoms with Crippen molar-refractivity contribution >= 4 is 23.7 Å². The Hall–Kier alpha value is -3.49. The molecule has 32 heavy (non-hydrogen) atoms. The van der Waals surface area contributed by atoms with Crippen molar-refractivity contribution in [3.8, 4) is 5.75 Å². The van der Waals surface area contributed by atoms with Crippen LogP contribution in [-0.2, 0) is 4.79 Å². The zero-order valence-electron chi connectivity index (χ0n) is 17.3. The van der Waals surface area contributed by atoms with Gasteiger partial charge < -0.3 is 20.7 Å². The number of anilines is 1. The maximum atomic E-state index is 12.7. The third-order valence-electron chi connectivity index (χ3n) is 5.98. The van der Waals surface area contributed by atoms with Crippen LogP contribution in [0.15, 0.2) is 48.7 Å². The van der Waals surface area contributed by atoms with Crippen LogP contribution >= 0.6 is 0 Å². The minimum atomic E-state index is -2.92. The van der Waals surface area contributed by atoms with Crippen LogP contribution in [0.4, 0.5) is 14.6 Å². The number of amides is 2. The van der Waals surface area contributed by atoms with E-state index in [1.165, 1.54) is 24.3 Å². The number of ether oxygens (including phenoxy) is 1. The predicted octanol–water partition coefficient (Wildman–Crippen LogP) is 2.80. The number of nitrogens with zero attached hydrogens (tertiary/aromatic N) is 2. The van der Waals surface area contributed by atoms with Crippen LogP contribution < -0.4 is 15.8 Å². The summed E-state index contributed by atoms with van der Waals surface area (Å²) in [7, 11) is 0. The number of carbonyl (C=O) groups is 2. The summed E-state index contributed by atoms with van der Waals surface area (Å²) in [5, 5.41) is 2.88. The van der Waals surface area contributed by atoms with Gasteiger partial charge in [0.05, 0.1) is 0 Å². The molecule has 2 heterocycles. The topological polar surface area (TPSA) is 97.6 Å². The number of likely N-dealkylation sites (tertiary alicyclic amines) is 1. The molecule has 1 saturated carbocycles. The van der Waals surface area contributed by atoms with E-state index in [9.17, 15) is 18.4 Å². The Labute approximate surface area is 184 Å². The highest BCUT2D eigenvalue weighted by molar-refractivity contribution is 5.95. The Morgan fingerprint density at radius 1 is 1.25 bits per heavy atom. The van der Waals surface area contributed by atoms with Gasteiger partial charge in [0.15, 0.2) is 0 Å². The summed E-state index contributed by atoms with van der Waals surface area (Å²) in [5.41, 5.74) is 6.67. The fourth-order valence-corrected chi connectivity index (χ4v) is 4.34. The molecule has 1 aliphatic carbocycles. The van der Waals surface area contributed by atoms with Crippen LogP contribution in [0.5, 0.6) is 5.75 Å². The number of fused-ring (bicyclic) bond motifs is 1. The van der Waals surface area contributed by atoms with Crippen LogP contribution in [0, 0.1) is 17.8 Å². The Bertz CT molecular complexity index is 1000. The van der Waals surface area contributed by atoms with Gasteiger partial charge in [0.25, 0.3) is 5.91 Å². The molecule has 2 amide bonds. The van der Waals surface area contributed by atoms with Crippen molar-refractivity contribution in [2.45, 2.75) is 13.0 Å². The Kier molecular flexibility index (Phi) is 6.34. The molecule has 0 spiro atoms. The highest BCUT2D eigenvalue weighted by Gasteiger charge is 2.55. The predicted molar refractivity (Wildman–Crippen MR) is 115 cm³/mol. The van der Waals surface area contributed by atoms with E-state index in [1.54, 1.807) is 35.4 Å². The zero-order chi connectivity index (χ0) is 22.7. The van der Waals surface area contributed by atoms with Gasteiger partial charge in [0, 0.05) is 37.5 Å². The van der Waals surface area contributed by atoms with Gasteiger partial charge in [-0.15, -0.1) is 0 Å². The molecule has 7 nitrogen and oxygen atoms in total. The molecule has 2 aromatic rings. The molecular weight excluding hydrogens is 418 g/mol. The van der Waals surface area contributed by atoms with Gasteiger partial charge in [-0.05, 0) is 66.1 Å². The monoisotopic (exact) mass is 442 g/mol. The highest BCUT2D eigenvalue weighted by Crippen LogP contribution is 2.53. The van der Waals surface area contributed by atoms with Crippen LogP contribution in [-0.4, -0.2) is 47.9 Å². The number of hydrogen-bond donors (Lipinski definition) is 2. The molecule has 1 aliphatic heterocycles. The number of piperidine rings is 1. The molecule has 2 aliphatic rings. The summed E-state index contributed by atoms with van der Waals surface area (Å²) in [4.78, 5) is 30.4. The number of halogens is 2. The lowest BCUT2D eigenvalue weighted by Gasteiger charge is -2.20. The first-order valence-corrected chi connectivity index (χ1v) is 10.4. The van der Waals surface area contributed by atoms with Gasteiger partial charge in [-0.1, -0.05) is 6.07 Å². The van der Waals surface area contributed by atoms with E-state index in [-0.39, 0.29) is 17.6 Å². The minimum absolute atomic E-state index is 0.0227. The number of nitrogens with two attached hydrogens (primary N) is 1. The zero-order valence-corrected chi connectivity index (χ0v) is 17.3. The lowest BCUT2D eigenvalue weighted by Crippen LogP contribution is -2.32. The summed E-state index contributed by atoms with van der Waals surface area (Å²) in [6.07, 6.45) is 5.60. The molecule has 1 saturated heterocycles. The second-order valence-corrected chi connectivity index (χ2v) is 8.04. The Morgan fingerprint density at radius 3 is 2.72 bits per heavy atom. The van der Waals surface area contributed by atoms with E-state index in [0.29, 0.717) is 48.8 Å². The van der Waals surface area contributed by atoms with Gasteiger partial charge in [-0.3, -0.25) is 9.59 Å². The molecule has 1 aromatic heterocycles. The summed E-state index contributed by atoms with van der Waals surface area (Å²) in [5.74, 6) is 1.39. The molecule has 2 atom stereocenters. The first-order valence-electron chi connectivity index (χ1n) is 10.4. The normalized spacial score (nSPS) is 21.6. The number of nitrogens with one attached hydrogen (secondary N) is 1. The number of nitrogen functional groups attached to an aromatic ring is 1. The Morgan fingerprint density at radius 2 is 2.03 bits per heavy atom. The van der Waals surface area contributed by atoms with E-state index in [0.717, 1.165) is 12.0 Å². The Balaban J connectivity index is 1.18. The quantitative estimate of drug-likeness (QED) is 0.613. The minimum Gasteiger partial charge on any atom is -0.435 e. The van der Waals surface area contributed by atoms with Crippen molar-refractivity contribution in [3.63, 3.8) is 0 Å². The molecule has 9 heteroatoms. The standard InChI is InChI=1S/C23H24F2N4O3/c24-23(25)32-16-3-1-2-15(10-16)22(31)29-12-18-17(19(18)13-29)8-9-27-21(30)7-5-14-4-6-20(26)28-11-14/h1-7,10-11,17-19,23H,8-9,12-13H2,(H2,26,28)(H,27,30)/b7-5+. The van der Waals surface area contributed by atoms with Crippen molar-refractivity contribution < 1.29 is 23.1 Å². The number of pyridine rings is 1. The van der Waals surface area contributed by atoms with Crippen molar-refractivity contribution in [2.24, 2.45) is 17.8 Å². The summed E-state index contributed by atoms with van der Waals surface area (Å²) in [6, 6.07) is 9.34. The fraction of sp³-hybridized carbons (Fsp3) is 0.348. The van der Waals surface area contributed by atoms with Crippen molar-refractivity contribution in [3.05, 3.63) is 59.8 Å². The lowest BCUT2D eigenvalue weighted by molar-refractivity contribution is -0.116. The van der Waals surface area contributed by atoms with Gasteiger partial charge in [0.2, 0.25) is 5.91 Å². The van der Waals surface area contributed by atoms with Crippen LogP contribution in [0.25, 0.3) is 6.08 Å². The molecule has 3 N–H and O–H groups in total. The van der Waals surface area contributed by atoms with Crippen LogP contribution in [0.1, 0.15) is 22.3 Å². The largest absolute Gasteiger partial charge is 0.435 e. The summed E-state index contributed by atoms with van der Waals surface area (Å²) >= 11 is 0. The van der Waals surface area contributed by atoms with E-state index in [4.69, 9.17) is 5.73 Å². The summed E-state index contributed by atoms with van der Waals surface area (Å²) in [6.45, 7) is -1.06. The molecule has 1 aromatic carbocycles. The van der Waals surface area contributed by atoms with Gasteiger partial charge in [0.1, 0.15) is 11.6 Å². The van der Waals surface area contributed by atoms with Crippen molar-refractivity contribution in [1.29, 1.82) is 0 Å². The first-order chi connectivity index (χ1) is 15.4. The molecule has 0 bridgehead atoms. The second-order valence-electron chi connectivity index (χ2n) is 8.04. The van der Waals surface area contributed by atoms with Crippen molar-refractivity contribution in [1.82, 2.24) is 15.2 Å². The molecule has 0 radical (unpaired) electrons. The maximum absolute atomic E-state index is 12.7. The van der Waals surface area contributed by atoms with Gasteiger partial charge in [-0.25, -0.2) is 4.98 Å². The lowest BCUT2D eigenvalue weighted by atomic mass is 10.1. The number of alkyl halides is 2. The first kappa shape index (κ1) is 21.7. The van der Waals surface area contributed by atoms with E-state index < -0.39 is 6.61 Å².